The molecule has 0 radical (unpaired) electrons. The van der Waals surface area contributed by atoms with Crippen LogP contribution in [0.25, 0.3) is 0 Å². The van der Waals surface area contributed by atoms with Crippen LogP contribution in [0.3, 0.4) is 0 Å². The molecule has 2 aromatic rings. The van der Waals surface area contributed by atoms with Gasteiger partial charge >= 0.3 is 0 Å². The van der Waals surface area contributed by atoms with Crippen molar-refractivity contribution in [3.05, 3.63) is 47.3 Å². The lowest BCUT2D eigenvalue weighted by Crippen LogP contribution is -2.37. The molecule has 1 saturated heterocycles. The average molecular weight is 388 g/mol. The first-order valence-corrected chi connectivity index (χ1v) is 11.0. The highest BCUT2D eigenvalue weighted by molar-refractivity contribution is 7.89. The first kappa shape index (κ1) is 18.4. The SMILES string of the molecule is Cn1cc(C(=O)CC2CCCN2S(=O)(=O)c2ccc3c(c2)CCCC3)cn1. The minimum atomic E-state index is -3.58. The van der Waals surface area contributed by atoms with E-state index in [1.165, 1.54) is 16.3 Å². The van der Waals surface area contributed by atoms with Gasteiger partial charge in [-0.3, -0.25) is 9.48 Å². The smallest absolute Gasteiger partial charge is 0.243 e. The summed E-state index contributed by atoms with van der Waals surface area (Å²) in [6, 6.07) is 5.27. The molecule has 144 valence electrons. The maximum atomic E-state index is 13.3. The highest BCUT2D eigenvalue weighted by Crippen LogP contribution is 2.31. The molecule has 0 N–H and O–H groups in total. The molecule has 0 amide bonds. The van der Waals surface area contributed by atoms with Gasteiger partial charge in [0.15, 0.2) is 5.78 Å². The molecule has 6 nitrogen and oxygen atoms in total. The van der Waals surface area contributed by atoms with E-state index < -0.39 is 10.0 Å². The summed E-state index contributed by atoms with van der Waals surface area (Å²) in [4.78, 5) is 12.9. The third-order valence-corrected chi connectivity index (χ3v) is 7.65. The van der Waals surface area contributed by atoms with Crippen molar-refractivity contribution in [1.82, 2.24) is 14.1 Å². The summed E-state index contributed by atoms with van der Waals surface area (Å²) in [5.74, 6) is -0.0550. The number of aromatic nitrogens is 2. The number of hydrogen-bond donors (Lipinski definition) is 0. The van der Waals surface area contributed by atoms with Crippen LogP contribution in [0.2, 0.25) is 0 Å². The zero-order chi connectivity index (χ0) is 19.0. The fourth-order valence-corrected chi connectivity index (χ4v) is 5.98. The molecule has 1 aromatic carbocycles. The van der Waals surface area contributed by atoms with Gasteiger partial charge in [0, 0.05) is 32.3 Å². The monoisotopic (exact) mass is 387 g/mol. The molecule has 0 spiro atoms. The van der Waals surface area contributed by atoms with Gasteiger partial charge in [0.2, 0.25) is 10.0 Å². The summed E-state index contributed by atoms with van der Waals surface area (Å²) in [5.41, 5.74) is 2.96. The number of aryl methyl sites for hydroxylation is 3. The lowest BCUT2D eigenvalue weighted by molar-refractivity contribution is 0.0961. The van der Waals surface area contributed by atoms with Crippen molar-refractivity contribution in [3.63, 3.8) is 0 Å². The zero-order valence-corrected chi connectivity index (χ0v) is 16.4. The highest BCUT2D eigenvalue weighted by Gasteiger charge is 2.36. The first-order valence-electron chi connectivity index (χ1n) is 9.60. The molecule has 1 aromatic heterocycles. The van der Waals surface area contributed by atoms with E-state index in [0.29, 0.717) is 17.0 Å². The fourth-order valence-electron chi connectivity index (χ4n) is 4.23. The van der Waals surface area contributed by atoms with Crippen molar-refractivity contribution in [2.75, 3.05) is 6.54 Å². The number of carbonyl (C=O) groups excluding carboxylic acids is 1. The maximum absolute atomic E-state index is 13.3. The van der Waals surface area contributed by atoms with Crippen LogP contribution >= 0.6 is 0 Å². The molecule has 27 heavy (non-hydrogen) atoms. The van der Waals surface area contributed by atoms with E-state index >= 15 is 0 Å². The van der Waals surface area contributed by atoms with Gasteiger partial charge < -0.3 is 0 Å². The van der Waals surface area contributed by atoms with E-state index in [1.807, 2.05) is 12.1 Å². The number of carbonyl (C=O) groups is 1. The molecular formula is C20H25N3O3S. The second kappa shape index (κ2) is 7.20. The number of hydrogen-bond acceptors (Lipinski definition) is 4. The molecule has 4 rings (SSSR count). The number of benzene rings is 1. The normalized spacial score (nSPS) is 20.6. The Hall–Kier alpha value is -1.99. The minimum Gasteiger partial charge on any atom is -0.294 e. The lowest BCUT2D eigenvalue weighted by atomic mass is 9.92. The molecule has 1 fully saturated rings. The molecule has 1 atom stereocenters. The van der Waals surface area contributed by atoms with E-state index in [1.54, 1.807) is 30.2 Å². The van der Waals surface area contributed by atoms with E-state index in [0.717, 1.165) is 37.7 Å². The van der Waals surface area contributed by atoms with Crippen LogP contribution in [0.5, 0.6) is 0 Å². The van der Waals surface area contributed by atoms with Crippen LogP contribution < -0.4 is 0 Å². The van der Waals surface area contributed by atoms with Crippen molar-refractivity contribution in [3.8, 4) is 0 Å². The number of nitrogens with zero attached hydrogens (tertiary/aromatic N) is 3. The Morgan fingerprint density at radius 2 is 1.96 bits per heavy atom. The van der Waals surface area contributed by atoms with Gasteiger partial charge in [0.25, 0.3) is 0 Å². The lowest BCUT2D eigenvalue weighted by Gasteiger charge is -2.24. The molecule has 1 unspecified atom stereocenters. The van der Waals surface area contributed by atoms with Crippen LogP contribution in [0.4, 0.5) is 0 Å². The van der Waals surface area contributed by atoms with Crippen molar-refractivity contribution >= 4 is 15.8 Å². The Balaban J connectivity index is 1.56. The van der Waals surface area contributed by atoms with Gasteiger partial charge in [0.05, 0.1) is 16.7 Å². The zero-order valence-electron chi connectivity index (χ0n) is 15.6. The molecule has 1 aliphatic carbocycles. The highest BCUT2D eigenvalue weighted by atomic mass is 32.2. The first-order chi connectivity index (χ1) is 12.9. The van der Waals surface area contributed by atoms with Crippen molar-refractivity contribution in [2.45, 2.75) is 55.9 Å². The largest absolute Gasteiger partial charge is 0.294 e. The summed E-state index contributed by atoms with van der Waals surface area (Å²) < 4.78 is 29.6. The maximum Gasteiger partial charge on any atom is 0.243 e. The molecule has 1 aliphatic heterocycles. The van der Waals surface area contributed by atoms with Gasteiger partial charge in [0.1, 0.15) is 0 Å². The number of fused-ring (bicyclic) bond motifs is 1. The van der Waals surface area contributed by atoms with E-state index in [4.69, 9.17) is 0 Å². The third-order valence-electron chi connectivity index (χ3n) is 5.70. The fraction of sp³-hybridized carbons (Fsp3) is 0.500. The van der Waals surface area contributed by atoms with Crippen LogP contribution in [-0.4, -0.2) is 40.9 Å². The molecule has 2 aliphatic rings. The van der Waals surface area contributed by atoms with Crippen LogP contribution in [0.1, 0.15) is 53.6 Å². The standard InChI is InChI=1S/C20H25N3O3S/c1-22-14-17(13-21-22)20(24)12-18-7-4-10-23(18)27(25,26)19-9-8-15-5-2-3-6-16(15)11-19/h8-9,11,13-14,18H,2-7,10,12H2,1H3. The third kappa shape index (κ3) is 3.58. The molecular weight excluding hydrogens is 362 g/mol. The quantitative estimate of drug-likeness (QED) is 0.740. The van der Waals surface area contributed by atoms with E-state index in [-0.39, 0.29) is 18.2 Å². The van der Waals surface area contributed by atoms with Gasteiger partial charge in [-0.05, 0) is 61.8 Å². The average Bonchev–Trinajstić information content (AvgIpc) is 3.30. The Morgan fingerprint density at radius 1 is 1.19 bits per heavy atom. The van der Waals surface area contributed by atoms with Crippen molar-refractivity contribution in [2.24, 2.45) is 7.05 Å². The Labute approximate surface area is 160 Å². The summed E-state index contributed by atoms with van der Waals surface area (Å²) in [6.07, 6.45) is 9.19. The van der Waals surface area contributed by atoms with Crippen molar-refractivity contribution in [1.29, 1.82) is 0 Å². The van der Waals surface area contributed by atoms with Crippen LogP contribution in [-0.2, 0) is 29.9 Å². The van der Waals surface area contributed by atoms with E-state index in [2.05, 4.69) is 5.10 Å². The second-order valence-corrected chi connectivity index (χ2v) is 9.47. The minimum absolute atomic E-state index is 0.0550. The van der Waals surface area contributed by atoms with Crippen LogP contribution in [0.15, 0.2) is 35.5 Å². The van der Waals surface area contributed by atoms with E-state index in [9.17, 15) is 13.2 Å². The summed E-state index contributed by atoms with van der Waals surface area (Å²) in [7, 11) is -1.82. The predicted octanol–water partition coefficient (Wildman–Crippen LogP) is 2.73. The molecule has 0 bridgehead atoms. The number of ketones is 1. The number of sulfonamides is 1. The van der Waals surface area contributed by atoms with Gasteiger partial charge in [-0.2, -0.15) is 9.40 Å². The molecule has 2 heterocycles. The van der Waals surface area contributed by atoms with Gasteiger partial charge in [-0.1, -0.05) is 6.07 Å². The summed E-state index contributed by atoms with van der Waals surface area (Å²) >= 11 is 0. The Morgan fingerprint density at radius 3 is 2.70 bits per heavy atom. The second-order valence-electron chi connectivity index (χ2n) is 7.58. The Bertz CT molecular complexity index is 965. The number of Topliss-reactive ketones (excluding diaryl/α,β-unsaturated/α-hetero) is 1. The van der Waals surface area contributed by atoms with Crippen LogP contribution in [0, 0.1) is 0 Å². The molecule has 7 heteroatoms. The Kier molecular flexibility index (Phi) is 4.90. The van der Waals surface area contributed by atoms with Gasteiger partial charge in [-0.15, -0.1) is 0 Å². The predicted molar refractivity (Wildman–Crippen MR) is 102 cm³/mol. The summed E-state index contributed by atoms with van der Waals surface area (Å²) in [5, 5.41) is 4.03. The van der Waals surface area contributed by atoms with Gasteiger partial charge in [-0.25, -0.2) is 8.42 Å². The topological polar surface area (TPSA) is 72.3 Å². The summed E-state index contributed by atoms with van der Waals surface area (Å²) in [6.45, 7) is 0.477. The van der Waals surface area contributed by atoms with Crippen molar-refractivity contribution < 1.29 is 13.2 Å². The number of rotatable bonds is 5. The molecule has 0 saturated carbocycles.